The first-order valence-corrected chi connectivity index (χ1v) is 10.9. The molecule has 166 valence electrons. The lowest BCUT2D eigenvalue weighted by Gasteiger charge is -2.36. The second-order valence-corrected chi connectivity index (χ2v) is 8.00. The fourth-order valence-electron chi connectivity index (χ4n) is 3.80. The first-order valence-electron chi connectivity index (χ1n) is 10.1. The molecule has 4 rings (SSSR count). The van der Waals surface area contributed by atoms with Crippen LogP contribution in [0.25, 0.3) is 17.0 Å². The molecule has 2 heterocycles. The van der Waals surface area contributed by atoms with Crippen molar-refractivity contribution in [2.75, 3.05) is 20.8 Å². The Morgan fingerprint density at radius 2 is 1.94 bits per heavy atom. The third kappa shape index (κ3) is 4.03. The van der Waals surface area contributed by atoms with E-state index in [0.717, 1.165) is 22.4 Å². The number of hydrogen-bond acceptors (Lipinski definition) is 6. The summed E-state index contributed by atoms with van der Waals surface area (Å²) in [5.41, 5.74) is 3.50. The Hall–Kier alpha value is -3.10. The van der Waals surface area contributed by atoms with Crippen LogP contribution in [-0.2, 0) is 0 Å². The van der Waals surface area contributed by atoms with Gasteiger partial charge in [-0.05, 0) is 62.0 Å². The van der Waals surface area contributed by atoms with Crippen molar-refractivity contribution < 1.29 is 14.0 Å². The molecule has 1 aromatic heterocycles. The van der Waals surface area contributed by atoms with Crippen LogP contribution >= 0.6 is 23.8 Å². The molecule has 1 aliphatic rings. The van der Waals surface area contributed by atoms with Crippen LogP contribution in [0.3, 0.4) is 0 Å². The lowest BCUT2D eigenvalue weighted by molar-refractivity contribution is 0.355. The van der Waals surface area contributed by atoms with Crippen LogP contribution in [0.1, 0.15) is 31.3 Å². The fraction of sp³-hybridized carbons (Fsp3) is 0.261. The van der Waals surface area contributed by atoms with Crippen LogP contribution in [0, 0.1) is 0 Å². The van der Waals surface area contributed by atoms with Crippen LogP contribution in [0.5, 0.6) is 11.5 Å². The highest BCUT2D eigenvalue weighted by atomic mass is 35.5. The first kappa shape index (κ1) is 22.1. The Kier molecular flexibility index (Phi) is 6.34. The minimum Gasteiger partial charge on any atom is -0.493 e. The summed E-state index contributed by atoms with van der Waals surface area (Å²) in [6.07, 6.45) is 0. The van der Waals surface area contributed by atoms with Crippen LogP contribution in [-0.4, -0.2) is 40.9 Å². The zero-order valence-electron chi connectivity index (χ0n) is 18.2. The molecule has 9 heteroatoms. The fourth-order valence-corrected chi connectivity index (χ4v) is 4.38. The normalized spacial score (nSPS) is 16.2. The second-order valence-electron chi connectivity index (χ2n) is 7.17. The molecule has 1 unspecified atom stereocenters. The minimum absolute atomic E-state index is 0.275. The van der Waals surface area contributed by atoms with Gasteiger partial charge in [0.2, 0.25) is 5.82 Å². The van der Waals surface area contributed by atoms with E-state index in [2.05, 4.69) is 10.5 Å². The van der Waals surface area contributed by atoms with Crippen molar-refractivity contribution in [1.82, 2.24) is 20.4 Å². The molecule has 1 aliphatic heterocycles. The average molecular weight is 471 g/mol. The van der Waals surface area contributed by atoms with Crippen LogP contribution in [0.4, 0.5) is 0 Å². The summed E-state index contributed by atoms with van der Waals surface area (Å²) in [6, 6.07) is 12.8. The molecule has 0 spiro atoms. The van der Waals surface area contributed by atoms with E-state index >= 15 is 0 Å². The maximum absolute atomic E-state index is 6.26. The first-order chi connectivity index (χ1) is 15.5. The number of methoxy groups -OCH3 is 2. The number of allylic oxidation sites excluding steroid dienone is 1. The quantitative estimate of drug-likeness (QED) is 0.499. The van der Waals surface area contributed by atoms with Gasteiger partial charge in [-0.1, -0.05) is 28.9 Å². The number of aromatic nitrogens is 2. The van der Waals surface area contributed by atoms with Gasteiger partial charge in [-0.25, -0.2) is 0 Å². The van der Waals surface area contributed by atoms with Gasteiger partial charge in [-0.3, -0.25) is 0 Å². The number of nitrogens with zero attached hydrogens (tertiary/aromatic N) is 3. The number of rotatable bonds is 6. The van der Waals surface area contributed by atoms with E-state index in [0.29, 0.717) is 39.9 Å². The van der Waals surface area contributed by atoms with Gasteiger partial charge in [0.25, 0.3) is 5.89 Å². The highest BCUT2D eigenvalue weighted by Gasteiger charge is 2.33. The van der Waals surface area contributed by atoms with Gasteiger partial charge < -0.3 is 24.2 Å². The number of hydrogen-bond donors (Lipinski definition) is 1. The molecule has 0 saturated carbocycles. The molecule has 1 N–H and O–H groups in total. The lowest BCUT2D eigenvalue weighted by Crippen LogP contribution is -2.45. The predicted octanol–water partition coefficient (Wildman–Crippen LogP) is 5.09. The Labute approximate surface area is 197 Å². The van der Waals surface area contributed by atoms with Gasteiger partial charge in [-0.2, -0.15) is 4.98 Å². The van der Waals surface area contributed by atoms with Crippen molar-refractivity contribution in [3.63, 3.8) is 0 Å². The van der Waals surface area contributed by atoms with Crippen molar-refractivity contribution >= 4 is 34.5 Å². The van der Waals surface area contributed by atoms with Gasteiger partial charge in [0.15, 0.2) is 16.6 Å². The molecule has 2 aromatic carbocycles. The number of halogens is 1. The summed E-state index contributed by atoms with van der Waals surface area (Å²) in [5, 5.41) is 8.90. The van der Waals surface area contributed by atoms with E-state index in [1.54, 1.807) is 14.2 Å². The number of benzene rings is 2. The number of thiocarbonyl (C=S) groups is 1. The molecule has 0 aliphatic carbocycles. The van der Waals surface area contributed by atoms with E-state index in [4.69, 9.17) is 42.8 Å². The Morgan fingerprint density at radius 3 is 2.62 bits per heavy atom. The number of ether oxygens (including phenoxy) is 2. The predicted molar refractivity (Wildman–Crippen MR) is 128 cm³/mol. The Morgan fingerprint density at radius 1 is 1.16 bits per heavy atom. The largest absolute Gasteiger partial charge is 0.493 e. The summed E-state index contributed by atoms with van der Waals surface area (Å²) >= 11 is 11.9. The molecule has 7 nitrogen and oxygen atoms in total. The van der Waals surface area contributed by atoms with Crippen molar-refractivity contribution in [1.29, 1.82) is 0 Å². The zero-order chi connectivity index (χ0) is 22.8. The van der Waals surface area contributed by atoms with Crippen molar-refractivity contribution in [2.24, 2.45) is 0 Å². The molecule has 32 heavy (non-hydrogen) atoms. The third-order valence-corrected chi connectivity index (χ3v) is 5.97. The van der Waals surface area contributed by atoms with E-state index in [1.807, 2.05) is 61.2 Å². The molecule has 0 saturated heterocycles. The van der Waals surface area contributed by atoms with E-state index < -0.39 is 0 Å². The Bertz CT molecular complexity index is 1190. The van der Waals surface area contributed by atoms with E-state index in [-0.39, 0.29) is 6.04 Å². The molecular formula is C23H23ClN4O3S. The zero-order valence-corrected chi connectivity index (χ0v) is 19.8. The van der Waals surface area contributed by atoms with Gasteiger partial charge >= 0.3 is 0 Å². The van der Waals surface area contributed by atoms with Gasteiger partial charge in [0.05, 0.1) is 25.8 Å². The van der Waals surface area contributed by atoms with E-state index in [9.17, 15) is 0 Å². The molecule has 0 amide bonds. The van der Waals surface area contributed by atoms with Crippen molar-refractivity contribution in [2.45, 2.75) is 19.9 Å². The third-order valence-electron chi connectivity index (χ3n) is 5.39. The molecule has 0 radical (unpaired) electrons. The summed E-state index contributed by atoms with van der Waals surface area (Å²) in [5.74, 6) is 2.07. The smallest absolute Gasteiger partial charge is 0.258 e. The summed E-state index contributed by atoms with van der Waals surface area (Å²) < 4.78 is 16.5. The summed E-state index contributed by atoms with van der Waals surface area (Å²) in [6.45, 7) is 4.75. The molecule has 0 fully saturated rings. The maximum Gasteiger partial charge on any atom is 0.258 e. The van der Waals surface area contributed by atoms with Gasteiger partial charge in [-0.15, -0.1) is 0 Å². The molecule has 1 atom stereocenters. The monoisotopic (exact) mass is 470 g/mol. The van der Waals surface area contributed by atoms with Crippen LogP contribution in [0.2, 0.25) is 5.02 Å². The van der Waals surface area contributed by atoms with Crippen LogP contribution in [0.15, 0.2) is 52.7 Å². The minimum atomic E-state index is -0.275. The molecular weight excluding hydrogens is 448 g/mol. The SMILES string of the molecule is CCN1C(=S)NC(c2cccc(Cl)c2)C(c2nc(-c3ccc(OC)c(OC)c3)no2)=C1C. The molecule has 3 aromatic rings. The van der Waals surface area contributed by atoms with Crippen molar-refractivity contribution in [3.05, 3.63) is 64.6 Å². The van der Waals surface area contributed by atoms with Crippen LogP contribution < -0.4 is 14.8 Å². The average Bonchev–Trinajstić information content (AvgIpc) is 3.28. The number of nitrogens with one attached hydrogen (secondary N) is 1. The lowest BCUT2D eigenvalue weighted by atomic mass is 9.95. The standard InChI is InChI=1S/C23H23ClN4O3S/c1-5-28-13(2)19(20(25-23(28)32)14-7-6-8-16(24)11-14)22-26-21(27-31-22)15-9-10-17(29-3)18(12-15)30-4/h6-12,20H,5H2,1-4H3,(H,25,32). The molecule has 0 bridgehead atoms. The van der Waals surface area contributed by atoms with Crippen molar-refractivity contribution in [3.8, 4) is 22.9 Å². The second kappa shape index (κ2) is 9.18. The van der Waals surface area contributed by atoms with E-state index in [1.165, 1.54) is 0 Å². The Balaban J connectivity index is 1.80. The maximum atomic E-state index is 6.26. The topological polar surface area (TPSA) is 72.7 Å². The van der Waals surface area contributed by atoms with Gasteiger partial charge in [0, 0.05) is 22.8 Å². The summed E-state index contributed by atoms with van der Waals surface area (Å²) in [4.78, 5) is 6.71. The highest BCUT2D eigenvalue weighted by Crippen LogP contribution is 2.38. The summed E-state index contributed by atoms with van der Waals surface area (Å²) in [7, 11) is 3.18. The van der Waals surface area contributed by atoms with Gasteiger partial charge in [0.1, 0.15) is 0 Å². The highest BCUT2D eigenvalue weighted by molar-refractivity contribution is 7.80.